The van der Waals surface area contributed by atoms with Crippen LogP contribution < -0.4 is 5.32 Å². The quantitative estimate of drug-likeness (QED) is 0.818. The van der Waals surface area contributed by atoms with Crippen molar-refractivity contribution in [1.82, 2.24) is 10.2 Å². The summed E-state index contributed by atoms with van der Waals surface area (Å²) in [6.45, 7) is 7.49. The van der Waals surface area contributed by atoms with Crippen molar-refractivity contribution < 1.29 is 5.11 Å². The minimum atomic E-state index is -0.259. The molecule has 0 aromatic heterocycles. The molecule has 3 nitrogen and oxygen atoms in total. The molecule has 1 aromatic carbocycles. The van der Waals surface area contributed by atoms with Gasteiger partial charge in [-0.2, -0.15) is 0 Å². The van der Waals surface area contributed by atoms with E-state index in [1.165, 1.54) is 11.1 Å². The highest BCUT2D eigenvalue weighted by Crippen LogP contribution is 2.12. The zero-order valence-corrected chi connectivity index (χ0v) is 11.2. The summed E-state index contributed by atoms with van der Waals surface area (Å²) in [6, 6.07) is 8.49. The van der Waals surface area contributed by atoms with Crippen molar-refractivity contribution in [2.75, 3.05) is 32.7 Å². The second-order valence-electron chi connectivity index (χ2n) is 5.16. The molecule has 0 spiro atoms. The summed E-state index contributed by atoms with van der Waals surface area (Å²) < 4.78 is 0. The normalized spacial score (nSPS) is 18.8. The van der Waals surface area contributed by atoms with Gasteiger partial charge in [0, 0.05) is 32.7 Å². The first-order valence-electron chi connectivity index (χ1n) is 6.93. The number of aliphatic hydroxyl groups is 1. The number of aliphatic hydroxyl groups excluding tert-OH is 1. The van der Waals surface area contributed by atoms with Gasteiger partial charge in [0.1, 0.15) is 0 Å². The van der Waals surface area contributed by atoms with E-state index >= 15 is 0 Å². The molecule has 100 valence electrons. The topological polar surface area (TPSA) is 35.5 Å². The Bertz CT molecular complexity index is 359. The van der Waals surface area contributed by atoms with Crippen LogP contribution in [0.15, 0.2) is 24.3 Å². The van der Waals surface area contributed by atoms with Gasteiger partial charge in [-0.3, -0.25) is 0 Å². The summed E-state index contributed by atoms with van der Waals surface area (Å²) in [5, 5.41) is 12.9. The number of benzene rings is 1. The van der Waals surface area contributed by atoms with Crippen LogP contribution in [0.5, 0.6) is 0 Å². The Morgan fingerprint density at radius 3 is 2.56 bits per heavy atom. The summed E-state index contributed by atoms with van der Waals surface area (Å²) >= 11 is 0. The lowest BCUT2D eigenvalue weighted by molar-refractivity contribution is 0.195. The Balaban J connectivity index is 1.91. The zero-order chi connectivity index (χ0) is 12.8. The van der Waals surface area contributed by atoms with Crippen molar-refractivity contribution in [3.05, 3.63) is 35.4 Å². The molecule has 0 aliphatic carbocycles. The van der Waals surface area contributed by atoms with Crippen LogP contribution in [-0.2, 0) is 12.8 Å². The predicted octanol–water partition coefficient (Wildman–Crippen LogP) is 1.06. The molecule has 1 fully saturated rings. The third-order valence-electron chi connectivity index (χ3n) is 3.54. The molecule has 0 radical (unpaired) electrons. The fraction of sp³-hybridized carbons (Fsp3) is 0.600. The molecule has 18 heavy (non-hydrogen) atoms. The van der Waals surface area contributed by atoms with Gasteiger partial charge in [0.2, 0.25) is 0 Å². The molecule has 1 saturated heterocycles. The van der Waals surface area contributed by atoms with Crippen molar-refractivity contribution in [2.24, 2.45) is 0 Å². The van der Waals surface area contributed by atoms with E-state index in [1.54, 1.807) is 0 Å². The largest absolute Gasteiger partial charge is 0.393 e. The molecule has 1 aliphatic rings. The van der Waals surface area contributed by atoms with E-state index in [0.717, 1.165) is 45.6 Å². The van der Waals surface area contributed by atoms with Crippen molar-refractivity contribution in [3.8, 4) is 0 Å². The van der Waals surface area contributed by atoms with E-state index in [1.807, 2.05) is 6.92 Å². The fourth-order valence-corrected chi connectivity index (χ4v) is 2.53. The minimum absolute atomic E-state index is 0.259. The summed E-state index contributed by atoms with van der Waals surface area (Å²) in [5.41, 5.74) is 2.68. The van der Waals surface area contributed by atoms with Crippen LogP contribution in [-0.4, -0.2) is 48.8 Å². The highest BCUT2D eigenvalue weighted by Gasteiger charge is 2.10. The average molecular weight is 248 g/mol. The van der Waals surface area contributed by atoms with Gasteiger partial charge in [0.25, 0.3) is 0 Å². The van der Waals surface area contributed by atoms with Gasteiger partial charge in [-0.25, -0.2) is 0 Å². The third-order valence-corrected chi connectivity index (χ3v) is 3.54. The molecule has 0 saturated carbocycles. The van der Waals surface area contributed by atoms with Crippen LogP contribution in [0, 0.1) is 0 Å². The Kier molecular flexibility index (Phi) is 5.17. The number of hydrogen-bond acceptors (Lipinski definition) is 3. The van der Waals surface area contributed by atoms with Gasteiger partial charge in [-0.05, 0) is 30.9 Å². The van der Waals surface area contributed by atoms with Crippen molar-refractivity contribution >= 4 is 0 Å². The number of piperazine rings is 1. The van der Waals surface area contributed by atoms with E-state index < -0.39 is 0 Å². The average Bonchev–Trinajstić information content (AvgIpc) is 2.38. The van der Waals surface area contributed by atoms with Crippen LogP contribution in [0.3, 0.4) is 0 Å². The minimum Gasteiger partial charge on any atom is -0.393 e. The summed E-state index contributed by atoms with van der Waals surface area (Å²) in [4.78, 5) is 2.51. The van der Waals surface area contributed by atoms with Crippen LogP contribution in [0.2, 0.25) is 0 Å². The lowest BCUT2D eigenvalue weighted by Gasteiger charge is -2.27. The van der Waals surface area contributed by atoms with E-state index in [-0.39, 0.29) is 6.10 Å². The molecule has 3 heteroatoms. The highest BCUT2D eigenvalue weighted by molar-refractivity contribution is 5.28. The second kappa shape index (κ2) is 6.88. The standard InChI is InChI=1S/C15H24N2O/c1-13(18)12-15-5-3-2-4-14(15)6-9-17-10-7-16-8-11-17/h2-5,13,16,18H,6-12H2,1H3. The third kappa shape index (κ3) is 4.09. The first-order chi connectivity index (χ1) is 8.75. The second-order valence-corrected chi connectivity index (χ2v) is 5.16. The van der Waals surface area contributed by atoms with Crippen LogP contribution in [0.4, 0.5) is 0 Å². The summed E-state index contributed by atoms with van der Waals surface area (Å²) in [5.74, 6) is 0. The Hall–Kier alpha value is -0.900. The van der Waals surface area contributed by atoms with Crippen LogP contribution in [0.25, 0.3) is 0 Å². The molecule has 0 bridgehead atoms. The smallest absolute Gasteiger partial charge is 0.0552 e. The first-order valence-corrected chi connectivity index (χ1v) is 6.93. The lowest BCUT2D eigenvalue weighted by atomic mass is 9.99. The molecule has 0 amide bonds. The molecular weight excluding hydrogens is 224 g/mol. The molecule has 1 unspecified atom stereocenters. The van der Waals surface area contributed by atoms with E-state index in [2.05, 4.69) is 34.5 Å². The van der Waals surface area contributed by atoms with Gasteiger partial charge in [0.15, 0.2) is 0 Å². The molecule has 1 heterocycles. The Morgan fingerprint density at radius 1 is 1.22 bits per heavy atom. The molecule has 1 aliphatic heterocycles. The molecule has 1 aromatic rings. The Morgan fingerprint density at radius 2 is 1.89 bits per heavy atom. The lowest BCUT2D eigenvalue weighted by Crippen LogP contribution is -2.44. The van der Waals surface area contributed by atoms with Crippen molar-refractivity contribution in [2.45, 2.75) is 25.9 Å². The van der Waals surface area contributed by atoms with Gasteiger partial charge >= 0.3 is 0 Å². The van der Waals surface area contributed by atoms with Crippen molar-refractivity contribution in [3.63, 3.8) is 0 Å². The SMILES string of the molecule is CC(O)Cc1ccccc1CCN1CCNCC1. The number of rotatable bonds is 5. The molecular formula is C15H24N2O. The Labute approximate surface area is 110 Å². The maximum Gasteiger partial charge on any atom is 0.0552 e. The summed E-state index contributed by atoms with van der Waals surface area (Å²) in [6.07, 6.45) is 1.59. The molecule has 2 rings (SSSR count). The van der Waals surface area contributed by atoms with Crippen LogP contribution in [0.1, 0.15) is 18.1 Å². The fourth-order valence-electron chi connectivity index (χ4n) is 2.53. The van der Waals surface area contributed by atoms with Gasteiger partial charge in [-0.15, -0.1) is 0 Å². The molecule has 1 atom stereocenters. The molecule has 2 N–H and O–H groups in total. The number of nitrogens with one attached hydrogen (secondary N) is 1. The van der Waals surface area contributed by atoms with Crippen LogP contribution >= 0.6 is 0 Å². The van der Waals surface area contributed by atoms with E-state index in [9.17, 15) is 5.11 Å². The first kappa shape index (κ1) is 13.5. The maximum atomic E-state index is 9.53. The highest BCUT2D eigenvalue weighted by atomic mass is 16.3. The van der Waals surface area contributed by atoms with Gasteiger partial charge in [-0.1, -0.05) is 24.3 Å². The van der Waals surface area contributed by atoms with E-state index in [4.69, 9.17) is 0 Å². The summed E-state index contributed by atoms with van der Waals surface area (Å²) in [7, 11) is 0. The van der Waals surface area contributed by atoms with E-state index in [0.29, 0.717) is 0 Å². The van der Waals surface area contributed by atoms with Crippen molar-refractivity contribution in [1.29, 1.82) is 0 Å². The maximum absolute atomic E-state index is 9.53. The van der Waals surface area contributed by atoms with Gasteiger partial charge in [0.05, 0.1) is 6.10 Å². The number of hydrogen-bond donors (Lipinski definition) is 2. The zero-order valence-electron chi connectivity index (χ0n) is 11.2. The van der Waals surface area contributed by atoms with Gasteiger partial charge < -0.3 is 15.3 Å². The monoisotopic (exact) mass is 248 g/mol. The number of nitrogens with zero attached hydrogens (tertiary/aromatic N) is 1. The predicted molar refractivity (Wildman–Crippen MR) is 74.8 cm³/mol.